The van der Waals surface area contributed by atoms with Gasteiger partial charge in [-0.3, -0.25) is 0 Å². The Kier molecular flexibility index (Phi) is 6.01. The van der Waals surface area contributed by atoms with Crippen molar-refractivity contribution >= 4 is 12.0 Å². The highest BCUT2D eigenvalue weighted by Gasteiger charge is 2.57. The summed E-state index contributed by atoms with van der Waals surface area (Å²) in [6.07, 6.45) is 1.02. The lowest BCUT2D eigenvalue weighted by Gasteiger charge is -2.27. The first-order valence-corrected chi connectivity index (χ1v) is 10.00. The molecule has 30 heavy (non-hydrogen) atoms. The first-order chi connectivity index (χ1) is 14.5. The molecule has 0 aromatic heterocycles. The average Bonchev–Trinajstić information content (AvgIpc) is 3.25. The van der Waals surface area contributed by atoms with E-state index in [0.717, 1.165) is 5.56 Å². The summed E-state index contributed by atoms with van der Waals surface area (Å²) >= 11 is 0. The molecule has 2 aromatic rings. The van der Waals surface area contributed by atoms with Crippen LogP contribution in [0.4, 0.5) is 0 Å². The molecule has 2 saturated heterocycles. The maximum Gasteiger partial charge on any atom is 0.338 e. The van der Waals surface area contributed by atoms with Crippen LogP contribution in [0.3, 0.4) is 0 Å². The second-order valence-electron chi connectivity index (χ2n) is 7.78. The van der Waals surface area contributed by atoms with Crippen LogP contribution in [0.25, 0.3) is 6.08 Å². The van der Waals surface area contributed by atoms with Gasteiger partial charge in [0, 0.05) is 7.11 Å². The Balaban J connectivity index is 1.61. The molecule has 0 spiro atoms. The highest BCUT2D eigenvalue weighted by atomic mass is 16.8. The molecule has 2 aliphatic heterocycles. The van der Waals surface area contributed by atoms with Crippen LogP contribution in [0.1, 0.15) is 29.8 Å². The second-order valence-corrected chi connectivity index (χ2v) is 7.78. The molecular formula is C24H26O6. The Morgan fingerprint density at radius 1 is 1.00 bits per heavy atom. The molecule has 0 unspecified atom stereocenters. The van der Waals surface area contributed by atoms with E-state index in [2.05, 4.69) is 0 Å². The largest absolute Gasteiger partial charge is 0.452 e. The Morgan fingerprint density at radius 3 is 2.30 bits per heavy atom. The molecular weight excluding hydrogens is 384 g/mol. The van der Waals surface area contributed by atoms with Crippen molar-refractivity contribution in [1.29, 1.82) is 0 Å². The van der Waals surface area contributed by atoms with Crippen molar-refractivity contribution in [2.75, 3.05) is 7.11 Å². The van der Waals surface area contributed by atoms with Gasteiger partial charge in [-0.05, 0) is 37.6 Å². The van der Waals surface area contributed by atoms with Gasteiger partial charge >= 0.3 is 5.97 Å². The summed E-state index contributed by atoms with van der Waals surface area (Å²) in [4.78, 5) is 12.8. The van der Waals surface area contributed by atoms with Gasteiger partial charge in [0.2, 0.25) is 0 Å². The van der Waals surface area contributed by atoms with Crippen molar-refractivity contribution in [3.63, 3.8) is 0 Å². The summed E-state index contributed by atoms with van der Waals surface area (Å²) in [5, 5.41) is 0. The number of esters is 1. The Hall–Kier alpha value is -2.51. The molecule has 6 heteroatoms. The third-order valence-electron chi connectivity index (χ3n) is 5.13. The van der Waals surface area contributed by atoms with E-state index in [1.807, 2.05) is 62.4 Å². The summed E-state index contributed by atoms with van der Waals surface area (Å²) in [6.45, 7) is 3.69. The molecule has 0 radical (unpaired) electrons. The zero-order valence-corrected chi connectivity index (χ0v) is 17.3. The van der Waals surface area contributed by atoms with Gasteiger partial charge in [0.1, 0.15) is 24.4 Å². The lowest BCUT2D eigenvalue weighted by atomic mass is 10.0. The van der Waals surface area contributed by atoms with Crippen LogP contribution in [-0.4, -0.2) is 49.6 Å². The molecule has 4 rings (SSSR count). The zero-order valence-electron chi connectivity index (χ0n) is 17.3. The molecule has 5 atom stereocenters. The van der Waals surface area contributed by atoms with Crippen molar-refractivity contribution in [1.82, 2.24) is 0 Å². The minimum atomic E-state index is -0.773. The number of fused-ring (bicyclic) bond motifs is 1. The number of ether oxygens (including phenoxy) is 5. The fourth-order valence-corrected chi connectivity index (χ4v) is 3.80. The Labute approximate surface area is 176 Å². The minimum absolute atomic E-state index is 0.405. The van der Waals surface area contributed by atoms with E-state index in [9.17, 15) is 4.79 Å². The van der Waals surface area contributed by atoms with Gasteiger partial charge in [-0.15, -0.1) is 0 Å². The fraction of sp³-hybridized carbons (Fsp3) is 0.375. The van der Waals surface area contributed by atoms with E-state index in [-0.39, 0.29) is 0 Å². The van der Waals surface area contributed by atoms with Gasteiger partial charge in [0.25, 0.3) is 0 Å². The van der Waals surface area contributed by atoms with Crippen molar-refractivity contribution < 1.29 is 28.5 Å². The number of hydrogen-bond donors (Lipinski definition) is 0. The van der Waals surface area contributed by atoms with E-state index in [1.54, 1.807) is 31.4 Å². The van der Waals surface area contributed by atoms with Crippen molar-refractivity contribution in [3.8, 4) is 0 Å². The predicted octanol–water partition coefficient (Wildman–Crippen LogP) is 3.82. The van der Waals surface area contributed by atoms with E-state index in [4.69, 9.17) is 23.7 Å². The van der Waals surface area contributed by atoms with Crippen molar-refractivity contribution in [3.05, 3.63) is 77.9 Å². The molecule has 2 aliphatic rings. The van der Waals surface area contributed by atoms with Gasteiger partial charge in [-0.2, -0.15) is 0 Å². The average molecular weight is 410 g/mol. The molecule has 6 nitrogen and oxygen atoms in total. The van der Waals surface area contributed by atoms with Gasteiger partial charge in [0.15, 0.2) is 12.1 Å². The molecule has 0 bridgehead atoms. The monoisotopic (exact) mass is 410 g/mol. The van der Waals surface area contributed by atoms with E-state index in [1.165, 1.54) is 0 Å². The van der Waals surface area contributed by atoms with Crippen molar-refractivity contribution in [2.45, 2.75) is 50.3 Å². The maximum absolute atomic E-state index is 12.8. The summed E-state index contributed by atoms with van der Waals surface area (Å²) in [7, 11) is 1.56. The van der Waals surface area contributed by atoms with Crippen LogP contribution >= 0.6 is 0 Å². The number of methoxy groups -OCH3 is 1. The minimum Gasteiger partial charge on any atom is -0.452 e. The van der Waals surface area contributed by atoms with Gasteiger partial charge in [0.05, 0.1) is 5.56 Å². The lowest BCUT2D eigenvalue weighted by molar-refractivity contribution is -0.234. The molecule has 0 saturated carbocycles. The molecule has 2 aromatic carbocycles. The normalized spacial score (nSPS) is 28.4. The third-order valence-corrected chi connectivity index (χ3v) is 5.13. The van der Waals surface area contributed by atoms with Crippen LogP contribution in [0.2, 0.25) is 0 Å². The topological polar surface area (TPSA) is 63.2 Å². The van der Waals surface area contributed by atoms with Crippen LogP contribution in [-0.2, 0) is 23.7 Å². The molecule has 0 aliphatic carbocycles. The molecule has 0 N–H and O–H groups in total. The molecule has 158 valence electrons. The first kappa shape index (κ1) is 20.8. The standard InChI is InChI=1S/C24H26O6/c1-24(2)29-20-19(28-23(26-3)21(20)30-24)18(15-14-16-10-6-4-7-11-16)27-22(25)17-12-8-5-9-13-17/h4-15,18-21,23H,1-3H3/b15-14-/t18-,19+,20+,21+,23+/m0/s1. The van der Waals surface area contributed by atoms with Gasteiger partial charge < -0.3 is 23.7 Å². The quantitative estimate of drug-likeness (QED) is 0.675. The molecule has 0 amide bonds. The number of hydrogen-bond acceptors (Lipinski definition) is 6. The van der Waals surface area contributed by atoms with Gasteiger partial charge in [-0.1, -0.05) is 54.6 Å². The van der Waals surface area contributed by atoms with E-state index < -0.39 is 42.5 Å². The predicted molar refractivity (Wildman–Crippen MR) is 111 cm³/mol. The lowest BCUT2D eigenvalue weighted by Crippen LogP contribution is -2.40. The number of carbonyl (C=O) groups excluding carboxylic acids is 1. The first-order valence-electron chi connectivity index (χ1n) is 10.00. The molecule has 2 heterocycles. The van der Waals surface area contributed by atoms with E-state index >= 15 is 0 Å². The summed E-state index contributed by atoms with van der Waals surface area (Å²) in [6, 6.07) is 18.7. The summed E-state index contributed by atoms with van der Waals surface area (Å²) < 4.78 is 29.4. The smallest absolute Gasteiger partial charge is 0.338 e. The second kappa shape index (κ2) is 8.70. The SMILES string of the molecule is CO[C@@H]1O[C@H]([C@H](/C=C\c2ccccc2)OC(=O)c2ccccc2)[C@H]2OC(C)(C)O[C@@H]12. The Morgan fingerprint density at radius 2 is 1.63 bits per heavy atom. The van der Waals surface area contributed by atoms with Crippen LogP contribution in [0.5, 0.6) is 0 Å². The van der Waals surface area contributed by atoms with E-state index in [0.29, 0.717) is 5.56 Å². The van der Waals surface area contributed by atoms with Crippen LogP contribution in [0.15, 0.2) is 66.7 Å². The zero-order chi connectivity index (χ0) is 21.1. The highest BCUT2D eigenvalue weighted by Crippen LogP contribution is 2.40. The Bertz CT molecular complexity index is 879. The summed E-state index contributed by atoms with van der Waals surface area (Å²) in [5.74, 6) is -1.21. The number of carbonyl (C=O) groups is 1. The molecule has 2 fully saturated rings. The highest BCUT2D eigenvalue weighted by molar-refractivity contribution is 5.89. The third kappa shape index (κ3) is 4.47. The fourth-order valence-electron chi connectivity index (χ4n) is 3.80. The van der Waals surface area contributed by atoms with Crippen LogP contribution in [0, 0.1) is 0 Å². The maximum atomic E-state index is 12.8. The number of rotatable bonds is 6. The summed E-state index contributed by atoms with van der Waals surface area (Å²) in [5.41, 5.74) is 1.46. The number of benzene rings is 2. The van der Waals surface area contributed by atoms with Crippen molar-refractivity contribution in [2.24, 2.45) is 0 Å². The van der Waals surface area contributed by atoms with Crippen LogP contribution < -0.4 is 0 Å². The van der Waals surface area contributed by atoms with Gasteiger partial charge in [-0.25, -0.2) is 4.79 Å².